The van der Waals surface area contributed by atoms with Crippen molar-refractivity contribution in [3.8, 4) is 0 Å². The van der Waals surface area contributed by atoms with E-state index < -0.39 is 0 Å². The first-order valence-electron chi connectivity index (χ1n) is 9.45. The van der Waals surface area contributed by atoms with E-state index in [0.29, 0.717) is 25.3 Å². The number of hydrogen-bond donors (Lipinski definition) is 0. The number of rotatable bonds is 8. The van der Waals surface area contributed by atoms with Crippen LogP contribution in [0.15, 0.2) is 4.52 Å². The lowest BCUT2D eigenvalue weighted by molar-refractivity contribution is -0.137. The SMILES string of the molecule is CCC[C@@]1(COC)CCCN1C(=O)CCCc1nc(C(C)(C)C)no1. The molecule has 1 aliphatic rings. The van der Waals surface area contributed by atoms with Crippen LogP contribution in [0.4, 0.5) is 0 Å². The topological polar surface area (TPSA) is 68.5 Å². The quantitative estimate of drug-likeness (QED) is 0.717. The van der Waals surface area contributed by atoms with Gasteiger partial charge in [0.1, 0.15) is 0 Å². The van der Waals surface area contributed by atoms with E-state index in [4.69, 9.17) is 9.26 Å². The van der Waals surface area contributed by atoms with Gasteiger partial charge in [0.05, 0.1) is 12.1 Å². The zero-order valence-corrected chi connectivity index (χ0v) is 16.4. The lowest BCUT2D eigenvalue weighted by Gasteiger charge is -2.38. The molecule has 1 fully saturated rings. The highest BCUT2D eigenvalue weighted by atomic mass is 16.5. The predicted octanol–water partition coefficient (Wildman–Crippen LogP) is 3.50. The van der Waals surface area contributed by atoms with Crippen molar-refractivity contribution >= 4 is 5.91 Å². The third kappa shape index (κ3) is 4.81. The van der Waals surface area contributed by atoms with Crippen LogP contribution >= 0.6 is 0 Å². The molecule has 1 aliphatic heterocycles. The van der Waals surface area contributed by atoms with Crippen LogP contribution in [0.3, 0.4) is 0 Å². The smallest absolute Gasteiger partial charge is 0.226 e. The second-order valence-corrected chi connectivity index (χ2v) is 8.17. The Bertz CT molecular complexity index is 557. The molecule has 1 amide bonds. The van der Waals surface area contributed by atoms with E-state index >= 15 is 0 Å². The fourth-order valence-electron chi connectivity index (χ4n) is 3.73. The van der Waals surface area contributed by atoms with E-state index in [-0.39, 0.29) is 16.9 Å². The van der Waals surface area contributed by atoms with Gasteiger partial charge in [-0.3, -0.25) is 4.79 Å². The van der Waals surface area contributed by atoms with Gasteiger partial charge in [0, 0.05) is 31.9 Å². The number of methoxy groups -OCH3 is 1. The Morgan fingerprint density at radius 2 is 2.16 bits per heavy atom. The third-order valence-corrected chi connectivity index (χ3v) is 4.95. The summed E-state index contributed by atoms with van der Waals surface area (Å²) in [7, 11) is 1.72. The molecule has 0 radical (unpaired) electrons. The van der Waals surface area contributed by atoms with E-state index in [1.165, 1.54) is 0 Å². The minimum Gasteiger partial charge on any atom is -0.382 e. The summed E-state index contributed by atoms with van der Waals surface area (Å²) in [5, 5.41) is 4.04. The van der Waals surface area contributed by atoms with Crippen molar-refractivity contribution < 1.29 is 14.1 Å². The van der Waals surface area contributed by atoms with Crippen molar-refractivity contribution in [1.82, 2.24) is 15.0 Å². The molecular formula is C19H33N3O3. The molecule has 2 heterocycles. The molecule has 0 N–H and O–H groups in total. The summed E-state index contributed by atoms with van der Waals surface area (Å²) in [6, 6.07) is 0. The molecular weight excluding hydrogens is 318 g/mol. The van der Waals surface area contributed by atoms with Gasteiger partial charge in [-0.25, -0.2) is 0 Å². The molecule has 2 rings (SSSR count). The summed E-state index contributed by atoms with van der Waals surface area (Å²) in [5.41, 5.74) is -0.225. The van der Waals surface area contributed by atoms with Crippen molar-refractivity contribution in [3.63, 3.8) is 0 Å². The zero-order chi connectivity index (χ0) is 18.5. The fourth-order valence-corrected chi connectivity index (χ4v) is 3.73. The Morgan fingerprint density at radius 3 is 2.76 bits per heavy atom. The monoisotopic (exact) mass is 351 g/mol. The molecule has 0 aliphatic carbocycles. The molecule has 1 aromatic rings. The number of aromatic nitrogens is 2. The first-order valence-corrected chi connectivity index (χ1v) is 9.45. The van der Waals surface area contributed by atoms with Crippen LogP contribution < -0.4 is 0 Å². The first kappa shape index (κ1) is 19.9. The molecule has 0 unspecified atom stereocenters. The Hall–Kier alpha value is -1.43. The summed E-state index contributed by atoms with van der Waals surface area (Å²) in [6.07, 6.45) is 6.06. The molecule has 0 aromatic carbocycles. The zero-order valence-electron chi connectivity index (χ0n) is 16.4. The average Bonchev–Trinajstić information content (AvgIpc) is 3.15. The lowest BCUT2D eigenvalue weighted by atomic mass is 9.91. The van der Waals surface area contributed by atoms with Gasteiger partial charge in [0.15, 0.2) is 5.82 Å². The molecule has 1 saturated heterocycles. The van der Waals surface area contributed by atoms with Crippen LogP contribution in [0.1, 0.15) is 77.9 Å². The van der Waals surface area contributed by atoms with Crippen molar-refractivity contribution in [2.75, 3.05) is 20.3 Å². The molecule has 142 valence electrons. The third-order valence-electron chi connectivity index (χ3n) is 4.95. The predicted molar refractivity (Wildman–Crippen MR) is 96.4 cm³/mol. The minimum atomic E-state index is -0.118. The van der Waals surface area contributed by atoms with Gasteiger partial charge in [-0.1, -0.05) is 39.3 Å². The van der Waals surface area contributed by atoms with Gasteiger partial charge in [0.2, 0.25) is 11.8 Å². The molecule has 0 saturated carbocycles. The molecule has 0 bridgehead atoms. The van der Waals surface area contributed by atoms with Gasteiger partial charge in [-0.05, 0) is 25.7 Å². The number of ether oxygens (including phenoxy) is 1. The van der Waals surface area contributed by atoms with Gasteiger partial charge in [-0.15, -0.1) is 0 Å². The number of likely N-dealkylation sites (tertiary alicyclic amines) is 1. The summed E-state index contributed by atoms with van der Waals surface area (Å²) in [4.78, 5) is 19.3. The number of carbonyl (C=O) groups is 1. The normalized spacial score (nSPS) is 21.1. The van der Waals surface area contributed by atoms with E-state index in [1.807, 2.05) is 0 Å². The molecule has 25 heavy (non-hydrogen) atoms. The summed E-state index contributed by atoms with van der Waals surface area (Å²) in [5.74, 6) is 1.56. The Labute approximate surface area is 151 Å². The van der Waals surface area contributed by atoms with Crippen LogP contribution in [0, 0.1) is 0 Å². The summed E-state index contributed by atoms with van der Waals surface area (Å²) in [6.45, 7) is 9.81. The van der Waals surface area contributed by atoms with Crippen LogP contribution in [0.2, 0.25) is 0 Å². The maximum absolute atomic E-state index is 12.8. The summed E-state index contributed by atoms with van der Waals surface area (Å²) >= 11 is 0. The van der Waals surface area contributed by atoms with Crippen LogP contribution in [-0.4, -0.2) is 46.7 Å². The van der Waals surface area contributed by atoms with Crippen LogP contribution in [0.5, 0.6) is 0 Å². The van der Waals surface area contributed by atoms with E-state index in [2.05, 4.69) is 42.7 Å². The summed E-state index contributed by atoms with van der Waals surface area (Å²) < 4.78 is 10.8. The van der Waals surface area contributed by atoms with E-state index in [9.17, 15) is 4.79 Å². The average molecular weight is 351 g/mol. The van der Waals surface area contributed by atoms with Crippen molar-refractivity contribution in [3.05, 3.63) is 11.7 Å². The van der Waals surface area contributed by atoms with Gasteiger partial charge < -0.3 is 14.2 Å². The second-order valence-electron chi connectivity index (χ2n) is 8.17. The largest absolute Gasteiger partial charge is 0.382 e. The number of aryl methyl sites for hydroxylation is 1. The van der Waals surface area contributed by atoms with Gasteiger partial charge >= 0.3 is 0 Å². The molecule has 1 aromatic heterocycles. The molecule has 0 spiro atoms. The maximum Gasteiger partial charge on any atom is 0.226 e. The number of hydrogen-bond acceptors (Lipinski definition) is 5. The van der Waals surface area contributed by atoms with E-state index in [0.717, 1.165) is 44.5 Å². The van der Waals surface area contributed by atoms with Crippen molar-refractivity contribution in [2.24, 2.45) is 0 Å². The van der Waals surface area contributed by atoms with Crippen LogP contribution in [-0.2, 0) is 21.4 Å². The number of carbonyl (C=O) groups excluding carboxylic acids is 1. The van der Waals surface area contributed by atoms with E-state index in [1.54, 1.807) is 7.11 Å². The Balaban J connectivity index is 1.90. The highest BCUT2D eigenvalue weighted by molar-refractivity contribution is 5.77. The highest BCUT2D eigenvalue weighted by Crippen LogP contribution is 2.34. The van der Waals surface area contributed by atoms with Gasteiger partial charge in [0.25, 0.3) is 0 Å². The fraction of sp³-hybridized carbons (Fsp3) is 0.842. The van der Waals surface area contributed by atoms with Crippen LogP contribution in [0.25, 0.3) is 0 Å². The minimum absolute atomic E-state index is 0.107. The highest BCUT2D eigenvalue weighted by Gasteiger charge is 2.42. The van der Waals surface area contributed by atoms with Gasteiger partial charge in [-0.2, -0.15) is 4.98 Å². The number of amides is 1. The molecule has 6 nitrogen and oxygen atoms in total. The maximum atomic E-state index is 12.8. The lowest BCUT2D eigenvalue weighted by Crippen LogP contribution is -2.50. The van der Waals surface area contributed by atoms with Crippen molar-refractivity contribution in [2.45, 2.75) is 83.6 Å². The first-order chi connectivity index (χ1) is 11.8. The Morgan fingerprint density at radius 1 is 1.40 bits per heavy atom. The molecule has 1 atom stereocenters. The second kappa shape index (κ2) is 8.30. The van der Waals surface area contributed by atoms with Crippen molar-refractivity contribution in [1.29, 1.82) is 0 Å². The number of nitrogens with zero attached hydrogens (tertiary/aromatic N) is 3. The Kier molecular flexibility index (Phi) is 6.60. The standard InChI is InChI=1S/C19H33N3O3/c1-6-11-19(14-24-5)12-8-13-22(19)16(23)10-7-9-15-20-17(21-25-15)18(2,3)4/h6-14H2,1-5H3/t19-/m0/s1. The molecule has 6 heteroatoms.